The number of halogens is 1. The van der Waals surface area contributed by atoms with E-state index in [2.05, 4.69) is 15.2 Å². The molecule has 30 heavy (non-hydrogen) atoms. The molecule has 4 rings (SSSR count). The number of amides is 1. The molecule has 2 aromatic carbocycles. The zero-order chi connectivity index (χ0) is 20.8. The molecule has 1 N–H and O–H groups in total. The third kappa shape index (κ3) is 4.84. The summed E-state index contributed by atoms with van der Waals surface area (Å²) in [7, 11) is 0. The molecule has 1 aliphatic heterocycles. The minimum Gasteiger partial charge on any atom is -0.366 e. The van der Waals surface area contributed by atoms with Crippen molar-refractivity contribution in [1.82, 2.24) is 4.98 Å². The van der Waals surface area contributed by atoms with Crippen molar-refractivity contribution in [3.05, 3.63) is 90.4 Å². The Kier molecular flexibility index (Phi) is 6.03. The number of benzene rings is 2. The largest absolute Gasteiger partial charge is 0.366 e. The molecule has 1 saturated heterocycles. The number of pyridine rings is 1. The third-order valence-electron chi connectivity index (χ3n) is 5.04. The summed E-state index contributed by atoms with van der Waals surface area (Å²) in [5.74, 6) is 0.306. The van der Waals surface area contributed by atoms with E-state index in [-0.39, 0.29) is 11.7 Å². The highest BCUT2D eigenvalue weighted by Crippen LogP contribution is 2.25. The van der Waals surface area contributed by atoms with Crippen LogP contribution in [0.15, 0.2) is 79.0 Å². The van der Waals surface area contributed by atoms with Gasteiger partial charge < -0.3 is 15.1 Å². The van der Waals surface area contributed by atoms with Gasteiger partial charge in [-0.15, -0.1) is 0 Å². The lowest BCUT2D eigenvalue weighted by Gasteiger charge is -2.36. The van der Waals surface area contributed by atoms with E-state index in [0.29, 0.717) is 24.5 Å². The van der Waals surface area contributed by atoms with Crippen molar-refractivity contribution in [2.75, 3.05) is 41.3 Å². The first-order valence-corrected chi connectivity index (χ1v) is 9.94. The lowest BCUT2D eigenvalue weighted by atomic mass is 10.2. The van der Waals surface area contributed by atoms with Crippen LogP contribution in [0.25, 0.3) is 6.08 Å². The van der Waals surface area contributed by atoms with Crippen LogP contribution in [0.1, 0.15) is 5.56 Å². The topological polar surface area (TPSA) is 48.5 Å². The van der Waals surface area contributed by atoms with Crippen molar-refractivity contribution >= 4 is 29.2 Å². The number of carbonyl (C=O) groups excluding carboxylic acids is 1. The van der Waals surface area contributed by atoms with E-state index in [1.807, 2.05) is 53.4 Å². The lowest BCUT2D eigenvalue weighted by Crippen LogP contribution is -2.47. The first-order chi connectivity index (χ1) is 14.7. The summed E-state index contributed by atoms with van der Waals surface area (Å²) in [6.45, 7) is 2.97. The van der Waals surface area contributed by atoms with Crippen LogP contribution >= 0.6 is 0 Å². The highest BCUT2D eigenvalue weighted by atomic mass is 19.1. The fraction of sp³-hybridized carbons (Fsp3) is 0.167. The molecule has 1 amide bonds. The minimum absolute atomic E-state index is 0.296. The van der Waals surface area contributed by atoms with E-state index in [1.54, 1.807) is 24.4 Å². The fourth-order valence-corrected chi connectivity index (χ4v) is 3.48. The maximum Gasteiger partial charge on any atom is 0.248 e. The number of rotatable bonds is 5. The smallest absolute Gasteiger partial charge is 0.248 e. The van der Waals surface area contributed by atoms with Gasteiger partial charge in [-0.05, 0) is 42.0 Å². The number of aromatic nitrogens is 1. The van der Waals surface area contributed by atoms with Crippen LogP contribution in [-0.2, 0) is 4.79 Å². The Morgan fingerprint density at radius 1 is 0.933 bits per heavy atom. The zero-order valence-electron chi connectivity index (χ0n) is 16.5. The van der Waals surface area contributed by atoms with E-state index >= 15 is 0 Å². The summed E-state index contributed by atoms with van der Waals surface area (Å²) in [4.78, 5) is 20.7. The second-order valence-corrected chi connectivity index (χ2v) is 7.06. The summed E-state index contributed by atoms with van der Waals surface area (Å²) >= 11 is 0. The van der Waals surface area contributed by atoms with Crippen molar-refractivity contribution < 1.29 is 9.18 Å². The molecule has 1 fully saturated rings. The number of hydrogen-bond acceptors (Lipinski definition) is 4. The number of hydrogen-bond donors (Lipinski definition) is 1. The van der Waals surface area contributed by atoms with E-state index < -0.39 is 0 Å². The van der Waals surface area contributed by atoms with Gasteiger partial charge in [-0.3, -0.25) is 4.79 Å². The second-order valence-electron chi connectivity index (χ2n) is 7.06. The Hall–Kier alpha value is -3.67. The van der Waals surface area contributed by atoms with E-state index in [1.165, 1.54) is 12.1 Å². The van der Waals surface area contributed by atoms with E-state index in [0.717, 1.165) is 24.5 Å². The number of carbonyl (C=O) groups is 1. The van der Waals surface area contributed by atoms with E-state index in [4.69, 9.17) is 0 Å². The molecule has 1 aliphatic rings. The zero-order valence-corrected chi connectivity index (χ0v) is 16.5. The van der Waals surface area contributed by atoms with Gasteiger partial charge in [-0.25, -0.2) is 9.37 Å². The fourth-order valence-electron chi connectivity index (χ4n) is 3.48. The quantitative estimate of drug-likeness (QED) is 0.650. The molecule has 0 atom stereocenters. The third-order valence-corrected chi connectivity index (χ3v) is 5.04. The van der Waals surface area contributed by atoms with Gasteiger partial charge in [-0.2, -0.15) is 0 Å². The molecule has 0 saturated carbocycles. The van der Waals surface area contributed by atoms with E-state index in [9.17, 15) is 9.18 Å². The summed E-state index contributed by atoms with van der Waals surface area (Å²) in [6.07, 6.45) is 4.95. The maximum absolute atomic E-state index is 14.7. The maximum atomic E-state index is 14.7. The SMILES string of the molecule is O=C(/C=C/c1ccccc1)Nc1ccc(N2CCN(c3ccccn3)CC2)c(F)c1. The molecule has 0 aliphatic carbocycles. The highest BCUT2D eigenvalue weighted by Gasteiger charge is 2.20. The number of nitrogens with one attached hydrogen (secondary N) is 1. The van der Waals surface area contributed by atoms with Gasteiger partial charge >= 0.3 is 0 Å². The second kappa shape index (κ2) is 9.22. The Balaban J connectivity index is 1.35. The van der Waals surface area contributed by atoms with Gasteiger partial charge in [0.05, 0.1) is 5.69 Å². The molecule has 0 bridgehead atoms. The van der Waals surface area contributed by atoms with Gasteiger partial charge in [0.15, 0.2) is 0 Å². The molecular formula is C24H23FN4O. The standard InChI is InChI=1S/C24H23FN4O/c25-21-18-20(27-24(30)12-9-19-6-2-1-3-7-19)10-11-22(21)28-14-16-29(17-15-28)23-8-4-5-13-26-23/h1-13,18H,14-17H2,(H,27,30)/b12-9+. The Morgan fingerprint density at radius 2 is 1.67 bits per heavy atom. The first-order valence-electron chi connectivity index (χ1n) is 9.94. The Morgan fingerprint density at radius 3 is 2.37 bits per heavy atom. The molecule has 0 radical (unpaired) electrons. The molecule has 6 heteroatoms. The van der Waals surface area contributed by atoms with Crippen molar-refractivity contribution in [3.8, 4) is 0 Å². The molecule has 2 heterocycles. The summed E-state index contributed by atoms with van der Waals surface area (Å²) < 4.78 is 14.7. The van der Waals surface area contributed by atoms with Crippen LogP contribution in [0.2, 0.25) is 0 Å². The molecule has 152 valence electrons. The first kappa shape index (κ1) is 19.6. The minimum atomic E-state index is -0.342. The lowest BCUT2D eigenvalue weighted by molar-refractivity contribution is -0.111. The van der Waals surface area contributed by atoms with Crippen LogP contribution in [0, 0.1) is 5.82 Å². The summed E-state index contributed by atoms with van der Waals surface area (Å²) in [5.41, 5.74) is 1.92. The summed E-state index contributed by atoms with van der Waals surface area (Å²) in [5, 5.41) is 2.71. The molecule has 1 aromatic heterocycles. The van der Waals surface area contributed by atoms with Crippen LogP contribution in [0.4, 0.5) is 21.6 Å². The van der Waals surface area contributed by atoms with Crippen molar-refractivity contribution in [3.63, 3.8) is 0 Å². The predicted octanol–water partition coefficient (Wildman–Crippen LogP) is 4.20. The number of nitrogens with zero attached hydrogens (tertiary/aromatic N) is 3. The summed E-state index contributed by atoms with van der Waals surface area (Å²) in [6, 6.07) is 20.2. The van der Waals surface area contributed by atoms with Crippen LogP contribution in [-0.4, -0.2) is 37.1 Å². The van der Waals surface area contributed by atoms with Gasteiger partial charge in [0.2, 0.25) is 5.91 Å². The highest BCUT2D eigenvalue weighted by molar-refractivity contribution is 6.02. The van der Waals surface area contributed by atoms with Gasteiger partial charge in [0.1, 0.15) is 11.6 Å². The Bertz CT molecular complexity index is 1020. The molecule has 0 unspecified atom stereocenters. The van der Waals surface area contributed by atoms with Crippen LogP contribution < -0.4 is 15.1 Å². The van der Waals surface area contributed by atoms with Crippen molar-refractivity contribution in [2.45, 2.75) is 0 Å². The normalized spacial score (nSPS) is 14.2. The Labute approximate surface area is 175 Å². The average Bonchev–Trinajstić information content (AvgIpc) is 2.79. The van der Waals surface area contributed by atoms with Crippen molar-refractivity contribution in [2.24, 2.45) is 0 Å². The monoisotopic (exact) mass is 402 g/mol. The van der Waals surface area contributed by atoms with Crippen LogP contribution in [0.5, 0.6) is 0 Å². The molecule has 3 aromatic rings. The van der Waals surface area contributed by atoms with Gasteiger partial charge in [0.25, 0.3) is 0 Å². The van der Waals surface area contributed by atoms with Gasteiger partial charge in [0, 0.05) is 44.1 Å². The number of piperazine rings is 1. The predicted molar refractivity (Wildman–Crippen MR) is 119 cm³/mol. The van der Waals surface area contributed by atoms with Gasteiger partial charge in [-0.1, -0.05) is 36.4 Å². The van der Waals surface area contributed by atoms with Crippen LogP contribution in [0.3, 0.4) is 0 Å². The molecule has 5 nitrogen and oxygen atoms in total. The molecular weight excluding hydrogens is 379 g/mol. The molecule has 0 spiro atoms. The van der Waals surface area contributed by atoms with Crippen molar-refractivity contribution in [1.29, 1.82) is 0 Å². The average molecular weight is 402 g/mol. The number of anilines is 3.